The van der Waals surface area contributed by atoms with Crippen molar-refractivity contribution in [2.45, 2.75) is 23.3 Å². The fourth-order valence-electron chi connectivity index (χ4n) is 2.14. The second-order valence-electron chi connectivity index (χ2n) is 5.07. The molecule has 0 atom stereocenters. The Morgan fingerprint density at radius 3 is 2.71 bits per heavy atom. The van der Waals surface area contributed by atoms with E-state index in [1.54, 1.807) is 0 Å². The molecule has 0 spiro atoms. The zero-order valence-corrected chi connectivity index (χ0v) is 12.6. The molecule has 0 unspecified atom stereocenters. The Balaban J connectivity index is 2.15. The van der Waals surface area contributed by atoms with E-state index in [-0.39, 0.29) is 17.2 Å². The second-order valence-corrected chi connectivity index (χ2v) is 6.81. The molecule has 1 aromatic rings. The molecule has 1 aromatic carbocycles. The Morgan fingerprint density at radius 2 is 2.10 bits per heavy atom. The molecular weight excluding hydrogens is 296 g/mol. The highest BCUT2D eigenvalue weighted by molar-refractivity contribution is 7.89. The summed E-state index contributed by atoms with van der Waals surface area (Å²) >= 11 is 0. The molecule has 0 amide bonds. The Kier molecular flexibility index (Phi) is 4.72. The van der Waals surface area contributed by atoms with E-state index in [1.165, 1.54) is 25.3 Å². The standard InChI is InChI=1S/C13H20N2O5S/c1-19-11-8-10(14)2-3-12(11)21(17,18)15-9-13(16)4-6-20-7-5-13/h2-3,8,15-16H,4-7,9,14H2,1H3. The fraction of sp³-hybridized carbons (Fsp3) is 0.538. The number of hydrogen-bond acceptors (Lipinski definition) is 6. The van der Waals surface area contributed by atoms with E-state index >= 15 is 0 Å². The molecule has 0 aliphatic carbocycles. The van der Waals surface area contributed by atoms with E-state index in [4.69, 9.17) is 15.2 Å². The largest absolute Gasteiger partial charge is 0.495 e. The van der Waals surface area contributed by atoms with E-state index in [0.29, 0.717) is 31.7 Å². The molecule has 1 fully saturated rings. The van der Waals surface area contributed by atoms with Crippen molar-refractivity contribution >= 4 is 15.7 Å². The number of hydrogen-bond donors (Lipinski definition) is 3. The first kappa shape index (κ1) is 16.0. The number of nitrogens with one attached hydrogen (secondary N) is 1. The van der Waals surface area contributed by atoms with Gasteiger partial charge in [0.05, 0.1) is 12.7 Å². The number of sulfonamides is 1. The normalized spacial score (nSPS) is 18.4. The first-order chi connectivity index (χ1) is 9.86. The molecule has 8 heteroatoms. The van der Waals surface area contributed by atoms with Gasteiger partial charge in [0.15, 0.2) is 0 Å². The molecular formula is C13H20N2O5S. The van der Waals surface area contributed by atoms with Crippen molar-refractivity contribution in [2.75, 3.05) is 32.6 Å². The maximum Gasteiger partial charge on any atom is 0.244 e. The average Bonchev–Trinajstić information content (AvgIpc) is 2.46. The van der Waals surface area contributed by atoms with Gasteiger partial charge in [-0.1, -0.05) is 0 Å². The van der Waals surface area contributed by atoms with Gasteiger partial charge in [-0.05, 0) is 12.1 Å². The summed E-state index contributed by atoms with van der Waals surface area (Å²) in [4.78, 5) is -0.00476. The minimum absolute atomic E-state index is 0.00476. The lowest BCUT2D eigenvalue weighted by Crippen LogP contribution is -2.46. The van der Waals surface area contributed by atoms with Crippen molar-refractivity contribution in [1.82, 2.24) is 4.72 Å². The molecule has 7 nitrogen and oxygen atoms in total. The summed E-state index contributed by atoms with van der Waals surface area (Å²) in [6.45, 7) is 0.777. The fourth-order valence-corrected chi connectivity index (χ4v) is 3.41. The Hall–Kier alpha value is -1.35. The molecule has 4 N–H and O–H groups in total. The van der Waals surface area contributed by atoms with E-state index < -0.39 is 15.6 Å². The monoisotopic (exact) mass is 316 g/mol. The summed E-state index contributed by atoms with van der Waals surface area (Å²) in [5.41, 5.74) is 4.94. The molecule has 0 saturated carbocycles. The highest BCUT2D eigenvalue weighted by Crippen LogP contribution is 2.27. The predicted octanol–water partition coefficient (Wildman–Crippen LogP) is 0.0972. The molecule has 118 valence electrons. The molecule has 0 bridgehead atoms. The molecule has 0 aromatic heterocycles. The van der Waals surface area contributed by atoms with Gasteiger partial charge in [0.25, 0.3) is 0 Å². The molecule has 1 aliphatic rings. The zero-order chi connectivity index (χ0) is 15.5. The number of nitrogen functional groups attached to an aromatic ring is 1. The van der Waals surface area contributed by atoms with E-state index in [1.807, 2.05) is 0 Å². The average molecular weight is 316 g/mol. The summed E-state index contributed by atoms with van der Waals surface area (Å²) in [6.07, 6.45) is 0.794. The van der Waals surface area contributed by atoms with Crippen LogP contribution in [0.2, 0.25) is 0 Å². The van der Waals surface area contributed by atoms with Gasteiger partial charge in [-0.3, -0.25) is 0 Å². The van der Waals surface area contributed by atoms with Crippen LogP contribution < -0.4 is 15.2 Å². The van der Waals surface area contributed by atoms with E-state index in [2.05, 4.69) is 4.72 Å². The van der Waals surface area contributed by atoms with Gasteiger partial charge in [0, 0.05) is 44.4 Å². The highest BCUT2D eigenvalue weighted by Gasteiger charge is 2.32. The van der Waals surface area contributed by atoms with Crippen LogP contribution in [0.4, 0.5) is 5.69 Å². The van der Waals surface area contributed by atoms with Crippen LogP contribution in [0.1, 0.15) is 12.8 Å². The third-order valence-corrected chi connectivity index (χ3v) is 4.93. The lowest BCUT2D eigenvalue weighted by Gasteiger charge is -2.32. The van der Waals surface area contributed by atoms with Gasteiger partial charge in [0.1, 0.15) is 10.6 Å². The van der Waals surface area contributed by atoms with Gasteiger partial charge in [-0.2, -0.15) is 0 Å². The summed E-state index contributed by atoms with van der Waals surface area (Å²) in [6, 6.07) is 4.31. The predicted molar refractivity (Wildman–Crippen MR) is 77.6 cm³/mol. The number of aliphatic hydroxyl groups is 1. The molecule has 2 rings (SSSR count). The SMILES string of the molecule is COc1cc(N)ccc1S(=O)(=O)NCC1(O)CCOCC1. The van der Waals surface area contributed by atoms with Crippen LogP contribution >= 0.6 is 0 Å². The Labute approximate surface area is 124 Å². The quantitative estimate of drug-likeness (QED) is 0.664. The van der Waals surface area contributed by atoms with Crippen LogP contribution in [-0.2, 0) is 14.8 Å². The Morgan fingerprint density at radius 1 is 1.43 bits per heavy atom. The van der Waals surface area contributed by atoms with Crippen LogP contribution in [0.3, 0.4) is 0 Å². The maximum absolute atomic E-state index is 12.3. The van der Waals surface area contributed by atoms with Gasteiger partial charge < -0.3 is 20.3 Å². The molecule has 1 heterocycles. The minimum atomic E-state index is -3.79. The number of ether oxygens (including phenoxy) is 2. The first-order valence-electron chi connectivity index (χ1n) is 6.60. The number of rotatable bonds is 5. The smallest absolute Gasteiger partial charge is 0.244 e. The molecule has 0 radical (unpaired) electrons. The van der Waals surface area contributed by atoms with Crippen LogP contribution in [-0.4, -0.2) is 46.0 Å². The van der Waals surface area contributed by atoms with Crippen LogP contribution in [0, 0.1) is 0 Å². The van der Waals surface area contributed by atoms with Crippen LogP contribution in [0.15, 0.2) is 23.1 Å². The van der Waals surface area contributed by atoms with E-state index in [0.717, 1.165) is 0 Å². The number of nitrogens with two attached hydrogens (primary N) is 1. The topological polar surface area (TPSA) is 111 Å². The maximum atomic E-state index is 12.3. The number of benzene rings is 1. The number of anilines is 1. The summed E-state index contributed by atoms with van der Waals surface area (Å²) in [7, 11) is -2.41. The van der Waals surface area contributed by atoms with E-state index in [9.17, 15) is 13.5 Å². The third-order valence-electron chi connectivity index (χ3n) is 3.49. The molecule has 1 saturated heterocycles. The lowest BCUT2D eigenvalue weighted by molar-refractivity contribution is -0.0588. The van der Waals surface area contributed by atoms with Gasteiger partial charge in [-0.25, -0.2) is 13.1 Å². The zero-order valence-electron chi connectivity index (χ0n) is 11.8. The summed E-state index contributed by atoms with van der Waals surface area (Å²) < 4.78 is 37.3. The first-order valence-corrected chi connectivity index (χ1v) is 8.08. The highest BCUT2D eigenvalue weighted by atomic mass is 32.2. The third kappa shape index (κ3) is 3.85. The van der Waals surface area contributed by atoms with Gasteiger partial charge >= 0.3 is 0 Å². The van der Waals surface area contributed by atoms with Crippen molar-refractivity contribution in [1.29, 1.82) is 0 Å². The second kappa shape index (κ2) is 6.18. The molecule has 21 heavy (non-hydrogen) atoms. The van der Waals surface area contributed by atoms with Crippen molar-refractivity contribution in [2.24, 2.45) is 0 Å². The van der Waals surface area contributed by atoms with Crippen LogP contribution in [0.5, 0.6) is 5.75 Å². The summed E-state index contributed by atoms with van der Waals surface area (Å²) in [5.74, 6) is 0.168. The van der Waals surface area contributed by atoms with Crippen molar-refractivity contribution in [3.05, 3.63) is 18.2 Å². The van der Waals surface area contributed by atoms with Crippen LogP contribution in [0.25, 0.3) is 0 Å². The van der Waals surface area contributed by atoms with Gasteiger partial charge in [0.2, 0.25) is 10.0 Å². The van der Waals surface area contributed by atoms with Crippen molar-refractivity contribution in [3.63, 3.8) is 0 Å². The summed E-state index contributed by atoms with van der Waals surface area (Å²) in [5, 5.41) is 10.3. The Bertz CT molecular complexity index is 597. The lowest BCUT2D eigenvalue weighted by atomic mass is 9.95. The van der Waals surface area contributed by atoms with Crippen molar-refractivity contribution < 1.29 is 23.0 Å². The van der Waals surface area contributed by atoms with Gasteiger partial charge in [-0.15, -0.1) is 0 Å². The minimum Gasteiger partial charge on any atom is -0.495 e. The molecule has 1 aliphatic heterocycles. The van der Waals surface area contributed by atoms with Crippen molar-refractivity contribution in [3.8, 4) is 5.75 Å². The number of methoxy groups -OCH3 is 1.